The minimum Gasteiger partial charge on any atom is -0.377 e. The van der Waals surface area contributed by atoms with E-state index < -0.39 is 5.66 Å². The fraction of sp³-hybridized carbons (Fsp3) is 0.800. The zero-order chi connectivity index (χ0) is 31.4. The highest BCUT2D eigenvalue weighted by Gasteiger charge is 2.44. The van der Waals surface area contributed by atoms with Crippen LogP contribution in [0, 0.1) is 5.41 Å². The number of aromatic nitrogens is 3. The fourth-order valence-corrected chi connectivity index (χ4v) is 6.72. The SMILES string of the molecule is C=C1N[C@H]2[C@H](CS[C@H]2CCCCC(=O)NCCOCCOCCOCCn2cc(CCC3(CC(=O)C(C)(C)C)N=N3)nn2)N1. The first-order chi connectivity index (χ1) is 21.1. The van der Waals surface area contributed by atoms with Gasteiger partial charge in [-0.2, -0.15) is 22.0 Å². The number of nitrogens with one attached hydrogen (secondary N) is 3. The lowest BCUT2D eigenvalue weighted by atomic mass is 9.85. The summed E-state index contributed by atoms with van der Waals surface area (Å²) >= 11 is 2.01. The number of hydrogen-bond acceptors (Lipinski definition) is 12. The summed E-state index contributed by atoms with van der Waals surface area (Å²) in [6.45, 7) is 13.7. The summed E-state index contributed by atoms with van der Waals surface area (Å²) in [5.74, 6) is 2.31. The number of hydrogen-bond donors (Lipinski definition) is 3. The molecule has 0 saturated carbocycles. The second kappa shape index (κ2) is 16.7. The number of carbonyl (C=O) groups is 2. The molecule has 1 aromatic heterocycles. The molecule has 0 unspecified atom stereocenters. The molecular formula is C30H50N8O5S. The number of fused-ring (bicyclic) bond motifs is 1. The Morgan fingerprint density at radius 2 is 1.82 bits per heavy atom. The lowest BCUT2D eigenvalue weighted by Gasteiger charge is -2.18. The molecule has 3 N–H and O–H groups in total. The van der Waals surface area contributed by atoms with Gasteiger partial charge in [-0.3, -0.25) is 9.59 Å². The third-order valence-electron chi connectivity index (χ3n) is 7.97. The summed E-state index contributed by atoms with van der Waals surface area (Å²) in [5, 5.41) is 27.0. The molecule has 3 atom stereocenters. The number of ether oxygens (including phenoxy) is 3. The van der Waals surface area contributed by atoms with E-state index in [1.807, 2.05) is 38.7 Å². The van der Waals surface area contributed by atoms with E-state index in [0.717, 1.165) is 36.5 Å². The number of ketones is 1. The molecule has 1 amide bonds. The van der Waals surface area contributed by atoms with Crippen LogP contribution in [0.5, 0.6) is 0 Å². The highest BCUT2D eigenvalue weighted by molar-refractivity contribution is 8.00. The van der Waals surface area contributed by atoms with Crippen LogP contribution < -0.4 is 16.0 Å². The second-order valence-corrected chi connectivity index (χ2v) is 14.0. The molecule has 13 nitrogen and oxygen atoms in total. The molecule has 246 valence electrons. The zero-order valence-corrected chi connectivity index (χ0v) is 27.3. The van der Waals surface area contributed by atoms with Gasteiger partial charge in [0.15, 0.2) is 5.66 Å². The number of nitrogens with zero attached hydrogens (tertiary/aromatic N) is 5. The maximum atomic E-state index is 12.3. The van der Waals surface area contributed by atoms with E-state index in [-0.39, 0.29) is 17.1 Å². The monoisotopic (exact) mass is 634 g/mol. The molecule has 0 aliphatic carbocycles. The van der Waals surface area contributed by atoms with Crippen molar-refractivity contribution in [3.8, 4) is 0 Å². The van der Waals surface area contributed by atoms with Crippen molar-refractivity contribution in [2.24, 2.45) is 15.6 Å². The Hall–Kier alpha value is -2.55. The minimum absolute atomic E-state index is 0.0814. The van der Waals surface area contributed by atoms with Crippen molar-refractivity contribution in [3.05, 3.63) is 24.3 Å². The summed E-state index contributed by atoms with van der Waals surface area (Å²) < 4.78 is 18.5. The molecule has 1 aromatic rings. The topological polar surface area (TPSA) is 153 Å². The third kappa shape index (κ3) is 11.4. The lowest BCUT2D eigenvalue weighted by Crippen LogP contribution is -2.36. The molecule has 14 heteroatoms. The van der Waals surface area contributed by atoms with Crippen LogP contribution >= 0.6 is 11.8 Å². The van der Waals surface area contributed by atoms with Crippen LogP contribution in [0.2, 0.25) is 0 Å². The summed E-state index contributed by atoms with van der Waals surface area (Å²) in [4.78, 5) is 24.4. The molecule has 0 bridgehead atoms. The predicted octanol–water partition coefficient (Wildman–Crippen LogP) is 2.62. The summed E-state index contributed by atoms with van der Waals surface area (Å²) in [7, 11) is 0. The number of aryl methyl sites for hydroxylation is 1. The molecule has 0 spiro atoms. The first-order valence-electron chi connectivity index (χ1n) is 15.8. The van der Waals surface area contributed by atoms with E-state index in [9.17, 15) is 9.59 Å². The minimum atomic E-state index is -0.570. The molecule has 2 saturated heterocycles. The van der Waals surface area contributed by atoms with Crippen LogP contribution in [-0.4, -0.2) is 102 Å². The normalized spacial score (nSPS) is 21.6. The van der Waals surface area contributed by atoms with Gasteiger partial charge in [-0.05, 0) is 19.3 Å². The molecule has 4 rings (SSSR count). The van der Waals surface area contributed by atoms with Crippen molar-refractivity contribution in [1.29, 1.82) is 0 Å². The molecule has 2 fully saturated rings. The van der Waals surface area contributed by atoms with Gasteiger partial charge in [-0.1, -0.05) is 39.0 Å². The van der Waals surface area contributed by atoms with Gasteiger partial charge in [0.2, 0.25) is 5.91 Å². The smallest absolute Gasteiger partial charge is 0.220 e. The van der Waals surface area contributed by atoms with Crippen molar-refractivity contribution in [3.63, 3.8) is 0 Å². The molecule has 0 radical (unpaired) electrons. The van der Waals surface area contributed by atoms with Gasteiger partial charge < -0.3 is 30.2 Å². The number of rotatable bonds is 22. The number of carbonyl (C=O) groups excluding carboxylic acids is 2. The van der Waals surface area contributed by atoms with Crippen molar-refractivity contribution in [2.75, 3.05) is 51.9 Å². The average molecular weight is 635 g/mol. The van der Waals surface area contributed by atoms with Crippen molar-refractivity contribution in [2.45, 2.75) is 95.3 Å². The Bertz CT molecular complexity index is 1120. The Morgan fingerprint density at radius 1 is 1.09 bits per heavy atom. The second-order valence-electron chi connectivity index (χ2n) is 12.7. The van der Waals surface area contributed by atoms with Crippen molar-refractivity contribution >= 4 is 23.5 Å². The van der Waals surface area contributed by atoms with Crippen LogP contribution in [-0.2, 0) is 36.8 Å². The Kier molecular flexibility index (Phi) is 13.0. The Morgan fingerprint density at radius 3 is 2.55 bits per heavy atom. The van der Waals surface area contributed by atoms with Crippen molar-refractivity contribution < 1.29 is 23.8 Å². The first-order valence-corrected chi connectivity index (χ1v) is 16.9. The Balaban J connectivity index is 0.900. The lowest BCUT2D eigenvalue weighted by molar-refractivity contribution is -0.127. The maximum absolute atomic E-state index is 12.3. The number of thioether (sulfide) groups is 1. The van der Waals surface area contributed by atoms with Gasteiger partial charge in [-0.25, -0.2) is 4.68 Å². The van der Waals surface area contributed by atoms with Crippen LogP contribution in [0.1, 0.15) is 65.0 Å². The molecule has 4 heterocycles. The average Bonchev–Trinajstić information content (AvgIpc) is 3.25. The molecular weight excluding hydrogens is 584 g/mol. The van der Waals surface area contributed by atoms with Crippen LogP contribution in [0.15, 0.2) is 28.8 Å². The van der Waals surface area contributed by atoms with Gasteiger partial charge >= 0.3 is 0 Å². The first kappa shape index (κ1) is 34.3. The van der Waals surface area contributed by atoms with E-state index in [0.29, 0.717) is 95.7 Å². The molecule has 3 aliphatic heterocycles. The molecule has 0 aromatic carbocycles. The van der Waals surface area contributed by atoms with Crippen LogP contribution in [0.3, 0.4) is 0 Å². The van der Waals surface area contributed by atoms with E-state index in [4.69, 9.17) is 14.2 Å². The Labute approximate surface area is 265 Å². The zero-order valence-electron chi connectivity index (χ0n) is 26.5. The highest BCUT2D eigenvalue weighted by atomic mass is 32.2. The predicted molar refractivity (Wildman–Crippen MR) is 168 cm³/mol. The summed E-state index contributed by atoms with van der Waals surface area (Å²) in [5.41, 5.74) is -0.101. The fourth-order valence-electron chi connectivity index (χ4n) is 5.17. The standard InChI is InChI=1S/C30H50N8O5S/c1-22-32-24-21-44-25(28(24)33-22)7-5-6-8-27(40)31-11-13-41-15-17-43-18-16-42-14-12-38-20-23(34-37-38)9-10-30(35-36-30)19-26(39)29(2,3)4/h20,24-25,28,32-33H,1,5-19,21H2,2-4H3,(H,31,40)/t24-,25-,28-/m0/s1. The number of unbranched alkanes of at least 4 members (excludes halogenated alkanes) is 1. The number of Topliss-reactive ketones (excluding diaryl/α,β-unsaturated/α-hetero) is 1. The quantitative estimate of drug-likeness (QED) is 0.162. The highest BCUT2D eigenvalue weighted by Crippen LogP contribution is 2.39. The van der Waals surface area contributed by atoms with Crippen LogP contribution in [0.4, 0.5) is 0 Å². The van der Waals surface area contributed by atoms with Crippen LogP contribution in [0.25, 0.3) is 0 Å². The maximum Gasteiger partial charge on any atom is 0.220 e. The number of amides is 1. The largest absolute Gasteiger partial charge is 0.377 e. The summed E-state index contributed by atoms with van der Waals surface area (Å²) in [6, 6.07) is 0.968. The third-order valence-corrected chi connectivity index (χ3v) is 9.48. The van der Waals surface area contributed by atoms with E-state index in [1.165, 1.54) is 0 Å². The van der Waals surface area contributed by atoms with Gasteiger partial charge in [0, 0.05) is 42.0 Å². The molecule has 3 aliphatic rings. The molecule has 44 heavy (non-hydrogen) atoms. The van der Waals surface area contributed by atoms with Gasteiger partial charge in [0.1, 0.15) is 5.78 Å². The van der Waals surface area contributed by atoms with Crippen molar-refractivity contribution in [1.82, 2.24) is 30.9 Å². The van der Waals surface area contributed by atoms with E-state index in [2.05, 4.69) is 43.1 Å². The van der Waals surface area contributed by atoms with Gasteiger partial charge in [-0.15, -0.1) is 5.10 Å². The van der Waals surface area contributed by atoms with Gasteiger partial charge in [0.05, 0.1) is 76.2 Å². The van der Waals surface area contributed by atoms with E-state index in [1.54, 1.807) is 4.68 Å². The summed E-state index contributed by atoms with van der Waals surface area (Å²) in [6.07, 6.45) is 7.21. The van der Waals surface area contributed by atoms with E-state index >= 15 is 0 Å². The van der Waals surface area contributed by atoms with Gasteiger partial charge in [0.25, 0.3) is 0 Å².